The van der Waals surface area contributed by atoms with Crippen LogP contribution in [0.4, 0.5) is 0 Å². The van der Waals surface area contributed by atoms with Crippen molar-refractivity contribution in [3.63, 3.8) is 0 Å². The lowest BCUT2D eigenvalue weighted by molar-refractivity contribution is 0.0675. The minimum absolute atomic E-state index is 0.357. The molecule has 0 radical (unpaired) electrons. The van der Waals surface area contributed by atoms with Gasteiger partial charge in [0.05, 0.1) is 33.4 Å². The van der Waals surface area contributed by atoms with Crippen LogP contribution in [-0.4, -0.2) is 44.3 Å². The third-order valence-corrected chi connectivity index (χ3v) is 3.36. The molecule has 8 heteroatoms. The minimum atomic E-state index is -1.43. The summed E-state index contributed by atoms with van der Waals surface area (Å²) in [5.41, 5.74) is -2.32. The van der Waals surface area contributed by atoms with Crippen molar-refractivity contribution in [2.24, 2.45) is 0 Å². The van der Waals surface area contributed by atoms with E-state index in [0.717, 1.165) is 24.3 Å². The van der Waals surface area contributed by atoms with Gasteiger partial charge in [0.15, 0.2) is 0 Å². The van der Waals surface area contributed by atoms with E-state index in [4.69, 9.17) is 0 Å². The number of rotatable bonds is 4. The summed E-state index contributed by atoms with van der Waals surface area (Å²) < 4.78 is 0. The van der Waals surface area contributed by atoms with Gasteiger partial charge >= 0.3 is 23.9 Å². The highest BCUT2D eigenvalue weighted by molar-refractivity contribution is 6.00. The van der Waals surface area contributed by atoms with Gasteiger partial charge < -0.3 is 20.4 Å². The van der Waals surface area contributed by atoms with E-state index in [-0.39, 0.29) is 11.1 Å². The molecule has 0 aliphatic heterocycles. The number of carbonyl (C=O) groups is 4. The molecule has 2 rings (SSSR count). The van der Waals surface area contributed by atoms with Gasteiger partial charge in [-0.1, -0.05) is 24.0 Å². The highest BCUT2D eigenvalue weighted by Crippen LogP contribution is 2.17. The lowest BCUT2D eigenvalue weighted by Gasteiger charge is -2.05. The monoisotopic (exact) mass is 354 g/mol. The van der Waals surface area contributed by atoms with Crippen molar-refractivity contribution in [3.8, 4) is 11.8 Å². The first-order chi connectivity index (χ1) is 12.2. The van der Waals surface area contributed by atoms with Crippen molar-refractivity contribution in [3.05, 3.63) is 69.8 Å². The van der Waals surface area contributed by atoms with E-state index in [1.54, 1.807) is 0 Å². The number of aromatic carboxylic acids is 4. The van der Waals surface area contributed by atoms with E-state index in [2.05, 4.69) is 11.8 Å². The first-order valence-corrected chi connectivity index (χ1v) is 6.95. The SMILES string of the molecule is O=C(O)c1cccc(C(=O)O)c1C#Cc1c(C(=O)O)cccc1C(=O)O. The van der Waals surface area contributed by atoms with Crippen LogP contribution in [0.25, 0.3) is 0 Å². The summed E-state index contributed by atoms with van der Waals surface area (Å²) in [5, 5.41) is 36.8. The van der Waals surface area contributed by atoms with Crippen LogP contribution < -0.4 is 0 Å². The summed E-state index contributed by atoms with van der Waals surface area (Å²) in [4.78, 5) is 45.2. The first-order valence-electron chi connectivity index (χ1n) is 6.95. The second kappa shape index (κ2) is 7.19. The normalized spacial score (nSPS) is 9.69. The number of benzene rings is 2. The molecule has 0 fully saturated rings. The second-order valence-electron chi connectivity index (χ2n) is 4.93. The molecular weight excluding hydrogens is 344 g/mol. The van der Waals surface area contributed by atoms with Crippen LogP contribution in [0.2, 0.25) is 0 Å². The van der Waals surface area contributed by atoms with Crippen molar-refractivity contribution < 1.29 is 39.6 Å². The molecule has 0 aromatic heterocycles. The molecule has 0 saturated carbocycles. The lowest BCUT2D eigenvalue weighted by Crippen LogP contribution is -2.09. The Morgan fingerprint density at radius 2 is 0.769 bits per heavy atom. The lowest BCUT2D eigenvalue weighted by atomic mass is 9.98. The summed E-state index contributed by atoms with van der Waals surface area (Å²) >= 11 is 0. The Kier molecular flexibility index (Phi) is 5.04. The summed E-state index contributed by atoms with van der Waals surface area (Å²) in [7, 11) is 0. The predicted octanol–water partition coefficient (Wildman–Crippen LogP) is 1.88. The van der Waals surface area contributed by atoms with E-state index in [9.17, 15) is 39.6 Å². The van der Waals surface area contributed by atoms with Crippen molar-refractivity contribution >= 4 is 23.9 Å². The molecule has 0 bridgehead atoms. The van der Waals surface area contributed by atoms with Crippen molar-refractivity contribution in [2.75, 3.05) is 0 Å². The molecule has 8 nitrogen and oxygen atoms in total. The predicted molar refractivity (Wildman–Crippen MR) is 86.7 cm³/mol. The Morgan fingerprint density at radius 1 is 0.538 bits per heavy atom. The Labute approximate surface area is 146 Å². The number of carboxylic acid groups (broad SMARTS) is 4. The molecule has 130 valence electrons. The van der Waals surface area contributed by atoms with E-state index >= 15 is 0 Å². The molecule has 0 amide bonds. The van der Waals surface area contributed by atoms with Crippen molar-refractivity contribution in [1.29, 1.82) is 0 Å². The molecule has 2 aromatic carbocycles. The maximum absolute atomic E-state index is 11.3. The summed E-state index contributed by atoms with van der Waals surface area (Å²) in [5.74, 6) is -1.09. The molecule has 0 unspecified atom stereocenters. The van der Waals surface area contributed by atoms with Crippen molar-refractivity contribution in [1.82, 2.24) is 0 Å². The average molecular weight is 354 g/mol. The standard InChI is InChI=1S/C18H10O8/c19-15(20)11-3-1-4-12(16(21)22)9(11)7-8-10-13(17(23)24)5-2-6-14(10)18(25)26/h1-6H,(H,19,20)(H,21,22)(H,23,24)(H,25,26). The van der Waals surface area contributed by atoms with Gasteiger partial charge in [-0.3, -0.25) is 0 Å². The second-order valence-corrected chi connectivity index (χ2v) is 4.93. The zero-order valence-electron chi connectivity index (χ0n) is 12.9. The zero-order chi connectivity index (χ0) is 19.4. The zero-order valence-corrected chi connectivity index (χ0v) is 12.9. The average Bonchev–Trinajstić information content (AvgIpc) is 2.58. The molecule has 0 saturated heterocycles. The molecule has 26 heavy (non-hydrogen) atoms. The van der Waals surface area contributed by atoms with E-state index in [1.807, 2.05) is 0 Å². The minimum Gasteiger partial charge on any atom is -0.478 e. The Bertz CT molecular complexity index is 864. The fourth-order valence-corrected chi connectivity index (χ4v) is 2.21. The van der Waals surface area contributed by atoms with E-state index < -0.39 is 46.1 Å². The maximum atomic E-state index is 11.3. The van der Waals surface area contributed by atoms with Crippen LogP contribution >= 0.6 is 0 Å². The maximum Gasteiger partial charge on any atom is 0.336 e. The molecule has 0 aliphatic carbocycles. The van der Waals surface area contributed by atoms with Crippen LogP contribution in [0.3, 0.4) is 0 Å². The number of hydrogen-bond acceptors (Lipinski definition) is 4. The Hall–Kier alpha value is -4.12. The summed E-state index contributed by atoms with van der Waals surface area (Å²) in [6, 6.07) is 7.01. The molecule has 4 N–H and O–H groups in total. The van der Waals surface area contributed by atoms with Gasteiger partial charge in [0.25, 0.3) is 0 Å². The molecular formula is C18H10O8. The topological polar surface area (TPSA) is 149 Å². The summed E-state index contributed by atoms with van der Waals surface area (Å²) in [6.07, 6.45) is 0. The van der Waals surface area contributed by atoms with Crippen LogP contribution in [0.15, 0.2) is 36.4 Å². The van der Waals surface area contributed by atoms with Crippen LogP contribution in [0, 0.1) is 11.8 Å². The van der Waals surface area contributed by atoms with Gasteiger partial charge in [-0.15, -0.1) is 0 Å². The van der Waals surface area contributed by atoms with E-state index in [1.165, 1.54) is 12.1 Å². The van der Waals surface area contributed by atoms with Gasteiger partial charge in [-0.25, -0.2) is 19.2 Å². The third kappa shape index (κ3) is 3.52. The molecule has 0 atom stereocenters. The molecule has 0 spiro atoms. The molecule has 0 heterocycles. The largest absolute Gasteiger partial charge is 0.478 e. The van der Waals surface area contributed by atoms with Gasteiger partial charge in [0, 0.05) is 0 Å². The fourth-order valence-electron chi connectivity index (χ4n) is 2.21. The van der Waals surface area contributed by atoms with Gasteiger partial charge in [0.2, 0.25) is 0 Å². The van der Waals surface area contributed by atoms with Gasteiger partial charge in [-0.2, -0.15) is 0 Å². The smallest absolute Gasteiger partial charge is 0.336 e. The number of carboxylic acids is 4. The highest BCUT2D eigenvalue weighted by Gasteiger charge is 2.19. The Balaban J connectivity index is 2.79. The number of hydrogen-bond donors (Lipinski definition) is 4. The molecule has 0 aliphatic rings. The van der Waals surface area contributed by atoms with Crippen LogP contribution in [0.5, 0.6) is 0 Å². The first kappa shape index (κ1) is 18.2. The Morgan fingerprint density at radius 3 is 0.962 bits per heavy atom. The molecule has 2 aromatic rings. The van der Waals surface area contributed by atoms with Crippen LogP contribution in [-0.2, 0) is 0 Å². The quantitative estimate of drug-likeness (QED) is 0.608. The van der Waals surface area contributed by atoms with Gasteiger partial charge in [0.1, 0.15) is 0 Å². The summed E-state index contributed by atoms with van der Waals surface area (Å²) in [6.45, 7) is 0. The highest BCUT2D eigenvalue weighted by atomic mass is 16.4. The van der Waals surface area contributed by atoms with E-state index in [0.29, 0.717) is 0 Å². The fraction of sp³-hybridized carbons (Fsp3) is 0. The van der Waals surface area contributed by atoms with Gasteiger partial charge in [-0.05, 0) is 24.3 Å². The van der Waals surface area contributed by atoms with Crippen LogP contribution in [0.1, 0.15) is 52.6 Å². The third-order valence-electron chi connectivity index (χ3n) is 3.36. The van der Waals surface area contributed by atoms with Crippen molar-refractivity contribution in [2.45, 2.75) is 0 Å².